The van der Waals surface area contributed by atoms with Crippen LogP contribution >= 0.6 is 11.8 Å². The van der Waals surface area contributed by atoms with E-state index >= 15 is 0 Å². The summed E-state index contributed by atoms with van der Waals surface area (Å²) in [6.45, 7) is 7.39. The van der Waals surface area contributed by atoms with E-state index < -0.39 is 0 Å². The SMILES string of the molecule is C=C(C=O)S/C(C)=C\C. The van der Waals surface area contributed by atoms with Crippen molar-refractivity contribution < 1.29 is 4.79 Å². The maximum absolute atomic E-state index is 10.0. The number of hydrogen-bond acceptors (Lipinski definition) is 2. The zero-order valence-electron chi connectivity index (χ0n) is 5.68. The summed E-state index contributed by atoms with van der Waals surface area (Å²) in [4.78, 5) is 11.7. The minimum atomic E-state index is 0.561. The standard InChI is InChI=1S/C7H10OS/c1-4-6(2)9-7(3)5-8/h4-5H,3H2,1-2H3/b6-4-. The van der Waals surface area contributed by atoms with Gasteiger partial charge in [0.15, 0.2) is 6.29 Å². The van der Waals surface area contributed by atoms with Crippen LogP contribution in [-0.4, -0.2) is 6.29 Å². The van der Waals surface area contributed by atoms with Gasteiger partial charge in [-0.3, -0.25) is 4.79 Å². The molecule has 0 amide bonds. The summed E-state index contributed by atoms with van der Waals surface area (Å²) in [6, 6.07) is 0. The summed E-state index contributed by atoms with van der Waals surface area (Å²) in [7, 11) is 0. The maximum Gasteiger partial charge on any atom is 0.156 e. The number of hydrogen-bond donors (Lipinski definition) is 0. The topological polar surface area (TPSA) is 17.1 Å². The van der Waals surface area contributed by atoms with Crippen LogP contribution in [-0.2, 0) is 4.79 Å². The lowest BCUT2D eigenvalue weighted by Gasteiger charge is -1.94. The highest BCUT2D eigenvalue weighted by atomic mass is 32.2. The van der Waals surface area contributed by atoms with Gasteiger partial charge in [-0.2, -0.15) is 0 Å². The smallest absolute Gasteiger partial charge is 0.156 e. The van der Waals surface area contributed by atoms with Crippen molar-refractivity contribution in [2.45, 2.75) is 13.8 Å². The second-order valence-corrected chi connectivity index (χ2v) is 2.96. The Morgan fingerprint density at radius 3 is 2.56 bits per heavy atom. The van der Waals surface area contributed by atoms with Crippen molar-refractivity contribution >= 4 is 18.0 Å². The van der Waals surface area contributed by atoms with Crippen LogP contribution in [0.15, 0.2) is 22.5 Å². The van der Waals surface area contributed by atoms with Crippen LogP contribution in [0.25, 0.3) is 0 Å². The van der Waals surface area contributed by atoms with Crippen molar-refractivity contribution in [1.82, 2.24) is 0 Å². The van der Waals surface area contributed by atoms with Crippen LogP contribution in [0.3, 0.4) is 0 Å². The van der Waals surface area contributed by atoms with Crippen molar-refractivity contribution in [1.29, 1.82) is 0 Å². The van der Waals surface area contributed by atoms with Gasteiger partial charge in [-0.15, -0.1) is 0 Å². The first kappa shape index (κ1) is 8.50. The number of thioether (sulfide) groups is 1. The fourth-order valence-corrected chi connectivity index (χ4v) is 0.869. The first-order valence-electron chi connectivity index (χ1n) is 2.65. The molecule has 0 saturated heterocycles. The molecule has 0 fully saturated rings. The third-order valence-corrected chi connectivity index (χ3v) is 1.75. The predicted octanol–water partition coefficient (Wildman–Crippen LogP) is 2.36. The lowest BCUT2D eigenvalue weighted by atomic mass is 10.6. The molecule has 0 atom stereocenters. The largest absolute Gasteiger partial charge is 0.297 e. The highest BCUT2D eigenvalue weighted by molar-refractivity contribution is 8.07. The summed E-state index contributed by atoms with van der Waals surface area (Å²) in [5.74, 6) is 0. The Labute approximate surface area is 59.8 Å². The highest BCUT2D eigenvalue weighted by Crippen LogP contribution is 2.20. The number of aldehydes is 1. The van der Waals surface area contributed by atoms with Crippen molar-refractivity contribution in [2.24, 2.45) is 0 Å². The fourth-order valence-electron chi connectivity index (χ4n) is 0.290. The van der Waals surface area contributed by atoms with Gasteiger partial charge in [0, 0.05) is 4.91 Å². The monoisotopic (exact) mass is 142 g/mol. The lowest BCUT2D eigenvalue weighted by Crippen LogP contribution is -1.73. The van der Waals surface area contributed by atoms with Gasteiger partial charge in [0.25, 0.3) is 0 Å². The van der Waals surface area contributed by atoms with Crippen LogP contribution in [0.2, 0.25) is 0 Å². The van der Waals surface area contributed by atoms with Gasteiger partial charge in [0.1, 0.15) is 0 Å². The molecule has 0 saturated carbocycles. The maximum atomic E-state index is 10.0. The third-order valence-electron chi connectivity index (χ3n) is 0.830. The molecule has 1 nitrogen and oxygen atoms in total. The predicted molar refractivity (Wildman–Crippen MR) is 42.2 cm³/mol. The van der Waals surface area contributed by atoms with Crippen LogP contribution in [0.5, 0.6) is 0 Å². The molecule has 0 aliphatic heterocycles. The molecular weight excluding hydrogens is 132 g/mol. The highest BCUT2D eigenvalue weighted by Gasteiger charge is 1.91. The summed E-state index contributed by atoms with van der Waals surface area (Å²) < 4.78 is 0. The quantitative estimate of drug-likeness (QED) is 0.444. The number of rotatable bonds is 3. The van der Waals surface area contributed by atoms with Crippen molar-refractivity contribution in [3.05, 3.63) is 22.5 Å². The summed E-state index contributed by atoms with van der Waals surface area (Å²) >= 11 is 1.40. The summed E-state index contributed by atoms with van der Waals surface area (Å²) in [5, 5.41) is 0. The van der Waals surface area contributed by atoms with Crippen LogP contribution in [0.1, 0.15) is 13.8 Å². The lowest BCUT2D eigenvalue weighted by molar-refractivity contribution is -0.104. The van der Waals surface area contributed by atoms with Crippen molar-refractivity contribution in [3.8, 4) is 0 Å². The molecule has 0 aromatic rings. The Balaban J connectivity index is 3.74. The van der Waals surface area contributed by atoms with Gasteiger partial charge in [-0.1, -0.05) is 24.4 Å². The molecule has 0 aromatic carbocycles. The zero-order chi connectivity index (χ0) is 7.28. The van der Waals surface area contributed by atoms with E-state index in [0.717, 1.165) is 11.2 Å². The second kappa shape index (κ2) is 4.39. The number of carbonyl (C=O) groups excluding carboxylic acids is 1. The molecule has 0 bridgehead atoms. The van der Waals surface area contributed by atoms with E-state index in [0.29, 0.717) is 4.91 Å². The van der Waals surface area contributed by atoms with Gasteiger partial charge in [0.2, 0.25) is 0 Å². The van der Waals surface area contributed by atoms with E-state index in [9.17, 15) is 4.79 Å². The molecule has 0 aromatic heterocycles. The summed E-state index contributed by atoms with van der Waals surface area (Å²) in [5.41, 5.74) is 0. The number of carbonyl (C=O) groups is 1. The van der Waals surface area contributed by atoms with Gasteiger partial charge < -0.3 is 0 Å². The number of allylic oxidation sites excluding steroid dienone is 3. The molecule has 0 aliphatic carbocycles. The average molecular weight is 142 g/mol. The molecule has 0 aliphatic rings. The Kier molecular flexibility index (Phi) is 4.14. The van der Waals surface area contributed by atoms with Gasteiger partial charge in [-0.25, -0.2) is 0 Å². The van der Waals surface area contributed by atoms with Crippen LogP contribution in [0, 0.1) is 0 Å². The van der Waals surface area contributed by atoms with Crippen LogP contribution in [0.4, 0.5) is 0 Å². The van der Waals surface area contributed by atoms with Gasteiger partial charge >= 0.3 is 0 Å². The molecule has 0 rings (SSSR count). The minimum absolute atomic E-state index is 0.561. The Morgan fingerprint density at radius 1 is 1.67 bits per heavy atom. The second-order valence-electron chi connectivity index (χ2n) is 1.59. The van der Waals surface area contributed by atoms with Gasteiger partial charge in [-0.05, 0) is 18.8 Å². The van der Waals surface area contributed by atoms with E-state index in [1.807, 2.05) is 19.9 Å². The Bertz CT molecular complexity index is 147. The Hall–Kier alpha value is -0.500. The molecule has 0 unspecified atom stereocenters. The van der Waals surface area contributed by atoms with E-state index in [1.54, 1.807) is 0 Å². The molecule has 50 valence electrons. The third kappa shape index (κ3) is 4.03. The van der Waals surface area contributed by atoms with E-state index in [1.165, 1.54) is 11.8 Å². The normalized spacial score (nSPS) is 11.1. The minimum Gasteiger partial charge on any atom is -0.297 e. The summed E-state index contributed by atoms with van der Waals surface area (Å²) in [6.07, 6.45) is 2.71. The first-order chi connectivity index (χ1) is 4.20. The van der Waals surface area contributed by atoms with E-state index in [2.05, 4.69) is 6.58 Å². The first-order valence-corrected chi connectivity index (χ1v) is 3.47. The molecule has 9 heavy (non-hydrogen) atoms. The zero-order valence-corrected chi connectivity index (χ0v) is 6.49. The molecule has 0 N–H and O–H groups in total. The molecule has 2 heteroatoms. The Morgan fingerprint density at radius 2 is 2.22 bits per heavy atom. The van der Waals surface area contributed by atoms with Gasteiger partial charge in [0.05, 0.1) is 0 Å². The van der Waals surface area contributed by atoms with Crippen molar-refractivity contribution in [3.63, 3.8) is 0 Å². The average Bonchev–Trinajstić information content (AvgIpc) is 1.87. The van der Waals surface area contributed by atoms with E-state index in [4.69, 9.17) is 0 Å². The van der Waals surface area contributed by atoms with Crippen LogP contribution < -0.4 is 0 Å². The van der Waals surface area contributed by atoms with Crippen molar-refractivity contribution in [2.75, 3.05) is 0 Å². The molecule has 0 spiro atoms. The molecular formula is C7H10OS. The fraction of sp³-hybridized carbons (Fsp3) is 0.286. The molecule has 0 heterocycles. The molecule has 0 radical (unpaired) electrons. The van der Waals surface area contributed by atoms with E-state index in [-0.39, 0.29) is 0 Å².